The summed E-state index contributed by atoms with van der Waals surface area (Å²) in [4.78, 5) is 54.1. The number of amides is 4. The van der Waals surface area contributed by atoms with Gasteiger partial charge in [-0.25, -0.2) is 4.67 Å². The maximum atomic E-state index is 14.4. The van der Waals surface area contributed by atoms with Gasteiger partial charge < -0.3 is 58.7 Å². The van der Waals surface area contributed by atoms with E-state index in [0.29, 0.717) is 45.4 Å². The third kappa shape index (κ3) is 29.0. The lowest BCUT2D eigenvalue weighted by atomic mass is 9.82. The maximum absolute atomic E-state index is 14.4. The molecule has 0 saturated heterocycles. The molecule has 1 rings (SSSR count). The van der Waals surface area contributed by atoms with E-state index in [4.69, 9.17) is 62.0 Å². The fourth-order valence-electron chi connectivity index (χ4n) is 6.11. The van der Waals surface area contributed by atoms with Crippen LogP contribution in [0.3, 0.4) is 0 Å². The van der Waals surface area contributed by atoms with Crippen molar-refractivity contribution < 1.29 is 56.6 Å². The van der Waals surface area contributed by atoms with Crippen molar-refractivity contribution in [1.82, 2.24) is 25.9 Å². The van der Waals surface area contributed by atoms with Gasteiger partial charge in [-0.3, -0.25) is 19.2 Å². The fourth-order valence-corrected chi connectivity index (χ4v) is 7.68. The fraction of sp³-hybridized carbons (Fsp3) is 0.638. The Kier molecular flexibility index (Phi) is 34.4. The molecule has 0 saturated carbocycles. The summed E-state index contributed by atoms with van der Waals surface area (Å²) < 4.78 is 46.7. The highest BCUT2D eigenvalue weighted by molar-refractivity contribution is 7.45. The van der Waals surface area contributed by atoms with Gasteiger partial charge in [0, 0.05) is 62.1 Å². The minimum absolute atomic E-state index is 0.0426. The quantitative estimate of drug-likeness (QED) is 0.0421. The highest BCUT2D eigenvalue weighted by atomic mass is 31.2. The van der Waals surface area contributed by atoms with Gasteiger partial charge in [0.25, 0.3) is 5.91 Å². The number of rotatable bonds is 40. The van der Waals surface area contributed by atoms with Gasteiger partial charge >= 0.3 is 8.53 Å². The normalized spacial score (nSPS) is 11.6. The second-order valence-corrected chi connectivity index (χ2v) is 16.4. The average molecular weight is 943 g/mol. The van der Waals surface area contributed by atoms with Gasteiger partial charge in [-0.2, -0.15) is 5.26 Å². The molecule has 0 aliphatic heterocycles. The molecule has 1 aromatic rings. The molecular formula is C47H71N6O12P. The van der Waals surface area contributed by atoms with E-state index < -0.39 is 20.0 Å². The van der Waals surface area contributed by atoms with E-state index in [0.717, 1.165) is 0 Å². The Morgan fingerprint density at radius 1 is 0.652 bits per heavy atom. The number of hydrogen-bond donors (Lipinski definition) is 4. The Bertz CT molecular complexity index is 1590. The van der Waals surface area contributed by atoms with E-state index >= 15 is 0 Å². The topological polar surface area (TPSA) is 217 Å². The standard InChI is InChI=1S/C47H71N6O12P/c1-8-25-58-32-35-61-29-22-49-43(54)15-18-47(19-16-44(55)50-23-30-62-36-33-59-26-9-2,20-17-45(56)51-24-31-63-37-34-60-27-10-3)52-46(57)41-13-11-14-42(38-41)65-66(64-28-12-21-48)53(39(4)5)40(6)7/h1-3,11,13-14,38-40H,12,15-20,22-37H2,4-7H3,(H,49,54)(H,50,55)(H,51,56)(H,52,57). The molecule has 66 heavy (non-hydrogen) atoms. The first-order valence-corrected chi connectivity index (χ1v) is 23.3. The molecule has 0 aromatic heterocycles. The van der Waals surface area contributed by atoms with E-state index in [9.17, 15) is 19.2 Å². The summed E-state index contributed by atoms with van der Waals surface area (Å²) in [6, 6.07) is 8.76. The number of terminal acetylenes is 3. The van der Waals surface area contributed by atoms with E-state index in [2.05, 4.69) is 49.8 Å². The van der Waals surface area contributed by atoms with Gasteiger partial charge in [-0.05, 0) is 65.2 Å². The van der Waals surface area contributed by atoms with Crippen LogP contribution in [0.25, 0.3) is 0 Å². The molecule has 366 valence electrons. The zero-order chi connectivity index (χ0) is 48.7. The summed E-state index contributed by atoms with van der Waals surface area (Å²) >= 11 is 0. The smallest absolute Gasteiger partial charge is 0.321 e. The lowest BCUT2D eigenvalue weighted by Gasteiger charge is -2.36. The van der Waals surface area contributed by atoms with Crippen molar-refractivity contribution in [3.63, 3.8) is 0 Å². The Labute approximate surface area is 393 Å². The van der Waals surface area contributed by atoms with E-state index in [1.54, 1.807) is 24.3 Å². The largest absolute Gasteiger partial charge is 0.436 e. The summed E-state index contributed by atoms with van der Waals surface area (Å²) in [7, 11) is -1.67. The van der Waals surface area contributed by atoms with Crippen LogP contribution in [-0.4, -0.2) is 151 Å². The highest BCUT2D eigenvalue weighted by Crippen LogP contribution is 2.46. The average Bonchev–Trinajstić information content (AvgIpc) is 3.29. The van der Waals surface area contributed by atoms with Crippen molar-refractivity contribution in [2.24, 2.45) is 0 Å². The number of nitriles is 1. The molecule has 0 aliphatic carbocycles. The Hall–Kier alpha value is -4.82. The summed E-state index contributed by atoms with van der Waals surface area (Å²) in [5.74, 6) is 6.03. The summed E-state index contributed by atoms with van der Waals surface area (Å²) in [6.45, 7) is 11.9. The zero-order valence-electron chi connectivity index (χ0n) is 39.2. The first-order valence-electron chi connectivity index (χ1n) is 22.2. The Morgan fingerprint density at radius 2 is 1.08 bits per heavy atom. The molecule has 19 heteroatoms. The van der Waals surface area contributed by atoms with Crippen LogP contribution in [0, 0.1) is 48.4 Å². The van der Waals surface area contributed by atoms with E-state index in [1.165, 1.54) is 0 Å². The number of carbonyl (C=O) groups is 4. The Morgan fingerprint density at radius 3 is 1.47 bits per heavy atom. The highest BCUT2D eigenvalue weighted by Gasteiger charge is 2.35. The lowest BCUT2D eigenvalue weighted by molar-refractivity contribution is -0.121. The van der Waals surface area contributed by atoms with Crippen molar-refractivity contribution in [2.75, 3.05) is 106 Å². The molecule has 1 aromatic carbocycles. The molecule has 18 nitrogen and oxygen atoms in total. The predicted molar refractivity (Wildman–Crippen MR) is 251 cm³/mol. The molecule has 1 unspecified atom stereocenters. The van der Waals surface area contributed by atoms with Crippen LogP contribution < -0.4 is 25.8 Å². The number of ether oxygens (including phenoxy) is 6. The van der Waals surface area contributed by atoms with Gasteiger partial charge in [0.15, 0.2) is 0 Å². The predicted octanol–water partition coefficient (Wildman–Crippen LogP) is 3.50. The minimum Gasteiger partial charge on any atom is -0.436 e. The van der Waals surface area contributed by atoms with Crippen molar-refractivity contribution >= 4 is 32.2 Å². The van der Waals surface area contributed by atoms with E-state index in [-0.39, 0.29) is 146 Å². The molecule has 0 bridgehead atoms. The van der Waals surface area contributed by atoms with Gasteiger partial charge in [-0.15, -0.1) is 19.3 Å². The van der Waals surface area contributed by atoms with Gasteiger partial charge in [-0.1, -0.05) is 23.8 Å². The minimum atomic E-state index is -1.67. The van der Waals surface area contributed by atoms with E-state index in [1.807, 2.05) is 27.7 Å². The lowest BCUT2D eigenvalue weighted by Crippen LogP contribution is -2.50. The third-order valence-corrected chi connectivity index (χ3v) is 11.3. The SMILES string of the molecule is C#CCOCCOCCNC(=O)CCC(CCC(=O)NCCOCCOCC#C)(CCC(=O)NCCOCCOCC#C)NC(=O)c1cccc(OP(OCCC#N)N(C(C)C)C(C)C)c1. The van der Waals surface area contributed by atoms with Gasteiger partial charge in [0.05, 0.1) is 78.6 Å². The second kappa shape index (κ2) is 38.3. The number of hydrogen-bond acceptors (Lipinski definition) is 14. The van der Waals surface area contributed by atoms with Crippen LogP contribution in [0.1, 0.15) is 83.0 Å². The molecule has 0 radical (unpaired) electrons. The van der Waals surface area contributed by atoms with Gasteiger partial charge in [0.1, 0.15) is 25.6 Å². The van der Waals surface area contributed by atoms with Crippen molar-refractivity contribution in [3.05, 3.63) is 29.8 Å². The first-order chi connectivity index (χ1) is 31.9. The molecule has 4 amide bonds. The molecule has 4 N–H and O–H groups in total. The number of nitrogens with one attached hydrogen (secondary N) is 4. The monoisotopic (exact) mass is 942 g/mol. The number of nitrogens with zero attached hydrogens (tertiary/aromatic N) is 2. The van der Waals surface area contributed by atoms with Crippen LogP contribution in [0.2, 0.25) is 0 Å². The van der Waals surface area contributed by atoms with Gasteiger partial charge in [0.2, 0.25) is 17.7 Å². The van der Waals surface area contributed by atoms with Crippen molar-refractivity contribution in [1.29, 1.82) is 5.26 Å². The molecular weight excluding hydrogens is 872 g/mol. The molecule has 0 spiro atoms. The molecule has 0 fully saturated rings. The zero-order valence-corrected chi connectivity index (χ0v) is 40.1. The Balaban J connectivity index is 3.36. The van der Waals surface area contributed by atoms with Crippen LogP contribution in [0.15, 0.2) is 24.3 Å². The van der Waals surface area contributed by atoms with Crippen LogP contribution >= 0.6 is 8.53 Å². The molecule has 0 aliphatic rings. The van der Waals surface area contributed by atoms with Crippen molar-refractivity contribution in [2.45, 2.75) is 90.3 Å². The van der Waals surface area contributed by atoms with Crippen LogP contribution in [0.5, 0.6) is 5.75 Å². The molecule has 0 heterocycles. The molecule has 1 atom stereocenters. The first kappa shape index (κ1) is 59.2. The summed E-state index contributed by atoms with van der Waals surface area (Å²) in [5, 5.41) is 20.8. The maximum Gasteiger partial charge on any atom is 0.321 e. The summed E-state index contributed by atoms with van der Waals surface area (Å²) in [6.07, 6.45) is 15.9. The van der Waals surface area contributed by atoms with Crippen LogP contribution in [-0.2, 0) is 47.3 Å². The second-order valence-electron chi connectivity index (χ2n) is 15.1. The van der Waals surface area contributed by atoms with Crippen LogP contribution in [0.4, 0.5) is 0 Å². The number of carbonyl (C=O) groups excluding carboxylic acids is 4. The van der Waals surface area contributed by atoms with Crippen molar-refractivity contribution in [3.8, 4) is 48.9 Å². The number of benzene rings is 1. The summed E-state index contributed by atoms with van der Waals surface area (Å²) in [5.41, 5.74) is -0.988. The third-order valence-electron chi connectivity index (χ3n) is 9.19.